The molecule has 4 aromatic rings. The van der Waals surface area contributed by atoms with E-state index >= 15 is 0 Å². The zero-order chi connectivity index (χ0) is 19.7. The zero-order valence-corrected chi connectivity index (χ0v) is 16.2. The van der Waals surface area contributed by atoms with Crippen molar-refractivity contribution in [1.29, 1.82) is 0 Å². The van der Waals surface area contributed by atoms with Crippen molar-refractivity contribution < 1.29 is 9.18 Å². The lowest BCUT2D eigenvalue weighted by Crippen LogP contribution is -2.27. The molecular weight excluding hydrogens is 375 g/mol. The highest BCUT2D eigenvalue weighted by atomic mass is 32.1. The predicted molar refractivity (Wildman–Crippen MR) is 109 cm³/mol. The van der Waals surface area contributed by atoms with Gasteiger partial charge in [-0.15, -0.1) is 16.4 Å². The smallest absolute Gasteiger partial charge is 0.297 e. The van der Waals surface area contributed by atoms with Gasteiger partial charge in [-0.25, -0.2) is 14.1 Å². The van der Waals surface area contributed by atoms with Gasteiger partial charge in [0.25, 0.3) is 5.91 Å². The van der Waals surface area contributed by atoms with Crippen molar-refractivity contribution in [2.75, 3.05) is 11.9 Å². The van der Waals surface area contributed by atoms with Crippen molar-refractivity contribution >= 4 is 22.9 Å². The Morgan fingerprint density at radius 1 is 1.07 bits per heavy atom. The number of anilines is 1. The number of nitrogens with zero attached hydrogens (tertiary/aromatic N) is 4. The van der Waals surface area contributed by atoms with Crippen LogP contribution in [0.15, 0.2) is 66.0 Å². The maximum Gasteiger partial charge on any atom is 0.297 e. The number of hydrogen-bond acceptors (Lipinski definition) is 4. The summed E-state index contributed by atoms with van der Waals surface area (Å²) in [5.74, 6) is -0.0301. The lowest BCUT2D eigenvalue weighted by molar-refractivity contribution is 0.0983. The third-order valence-electron chi connectivity index (χ3n) is 4.34. The van der Waals surface area contributed by atoms with Gasteiger partial charge < -0.3 is 4.90 Å². The van der Waals surface area contributed by atoms with Gasteiger partial charge in [-0.2, -0.15) is 0 Å². The number of thiophene rings is 1. The Hall–Kier alpha value is -3.32. The molecule has 0 spiro atoms. The first-order valence-corrected chi connectivity index (χ1v) is 9.52. The third-order valence-corrected chi connectivity index (χ3v) is 5.20. The molecule has 140 valence electrons. The summed E-state index contributed by atoms with van der Waals surface area (Å²) in [5.41, 5.74) is 2.50. The van der Waals surface area contributed by atoms with E-state index in [9.17, 15) is 9.18 Å². The minimum Gasteiger partial charge on any atom is -0.309 e. The summed E-state index contributed by atoms with van der Waals surface area (Å²) in [6.07, 6.45) is 0. The first kappa shape index (κ1) is 18.1. The molecule has 1 amide bonds. The van der Waals surface area contributed by atoms with Crippen molar-refractivity contribution in [3.8, 4) is 16.4 Å². The third kappa shape index (κ3) is 3.44. The molecule has 0 fully saturated rings. The SMILES string of the molecule is Cc1ccc(N(C)C(=O)c2nc(-c3cccs3)n(-c3ccc(F)cc3)n2)cc1. The normalized spacial score (nSPS) is 10.8. The van der Waals surface area contributed by atoms with E-state index < -0.39 is 0 Å². The van der Waals surface area contributed by atoms with E-state index in [1.54, 1.807) is 23.9 Å². The molecule has 5 nitrogen and oxygen atoms in total. The molecule has 7 heteroatoms. The van der Waals surface area contributed by atoms with Crippen LogP contribution in [0, 0.1) is 12.7 Å². The van der Waals surface area contributed by atoms with E-state index in [2.05, 4.69) is 10.1 Å². The monoisotopic (exact) mass is 392 g/mol. The van der Waals surface area contributed by atoms with Crippen LogP contribution in [0.4, 0.5) is 10.1 Å². The molecule has 0 radical (unpaired) electrons. The van der Waals surface area contributed by atoms with Gasteiger partial charge in [0, 0.05) is 12.7 Å². The lowest BCUT2D eigenvalue weighted by Gasteiger charge is -2.15. The highest BCUT2D eigenvalue weighted by Gasteiger charge is 2.22. The first-order chi connectivity index (χ1) is 13.5. The van der Waals surface area contributed by atoms with Gasteiger partial charge in [0.1, 0.15) is 5.82 Å². The quantitative estimate of drug-likeness (QED) is 0.505. The number of carbonyl (C=O) groups excluding carboxylic acids is 1. The summed E-state index contributed by atoms with van der Waals surface area (Å²) in [6, 6.07) is 17.4. The van der Waals surface area contributed by atoms with E-state index in [0.29, 0.717) is 11.5 Å². The van der Waals surface area contributed by atoms with Gasteiger partial charge in [0.2, 0.25) is 5.82 Å². The predicted octanol–water partition coefficient (Wildman–Crippen LogP) is 4.72. The molecule has 0 saturated heterocycles. The highest BCUT2D eigenvalue weighted by molar-refractivity contribution is 7.13. The van der Waals surface area contributed by atoms with Crippen molar-refractivity contribution in [1.82, 2.24) is 14.8 Å². The van der Waals surface area contributed by atoms with Gasteiger partial charge in [-0.05, 0) is 54.8 Å². The lowest BCUT2D eigenvalue weighted by atomic mass is 10.2. The largest absolute Gasteiger partial charge is 0.309 e. The fourth-order valence-corrected chi connectivity index (χ4v) is 3.46. The topological polar surface area (TPSA) is 51.0 Å². The summed E-state index contributed by atoms with van der Waals surface area (Å²) < 4.78 is 14.9. The molecule has 0 N–H and O–H groups in total. The van der Waals surface area contributed by atoms with E-state index in [4.69, 9.17) is 0 Å². The standard InChI is InChI=1S/C21H17FN4OS/c1-14-5-9-16(10-6-14)25(2)21(27)19-23-20(18-4-3-13-28-18)26(24-19)17-11-7-15(22)8-12-17/h3-13H,1-2H3. The molecule has 2 aromatic heterocycles. The van der Waals surface area contributed by atoms with E-state index in [1.807, 2.05) is 48.7 Å². The molecule has 2 aromatic carbocycles. The number of aromatic nitrogens is 3. The van der Waals surface area contributed by atoms with Crippen molar-refractivity contribution in [2.45, 2.75) is 6.92 Å². The summed E-state index contributed by atoms with van der Waals surface area (Å²) in [7, 11) is 1.69. The minimum absolute atomic E-state index is 0.0794. The van der Waals surface area contributed by atoms with Gasteiger partial charge in [-0.1, -0.05) is 23.8 Å². The van der Waals surface area contributed by atoms with Gasteiger partial charge in [0.05, 0.1) is 10.6 Å². The second-order valence-corrected chi connectivity index (χ2v) is 7.27. The van der Waals surface area contributed by atoms with Crippen LogP contribution < -0.4 is 4.90 Å². The summed E-state index contributed by atoms with van der Waals surface area (Å²) >= 11 is 1.50. The molecule has 4 rings (SSSR count). The summed E-state index contributed by atoms with van der Waals surface area (Å²) in [6.45, 7) is 1.99. The van der Waals surface area contributed by atoms with Crippen LogP contribution in [0.3, 0.4) is 0 Å². The number of carbonyl (C=O) groups is 1. The Labute approximate surface area is 165 Å². The average Bonchev–Trinajstić information content (AvgIpc) is 3.38. The van der Waals surface area contributed by atoms with Crippen LogP contribution in [-0.2, 0) is 0 Å². The van der Waals surface area contributed by atoms with Crippen LogP contribution in [0.25, 0.3) is 16.4 Å². The molecule has 28 heavy (non-hydrogen) atoms. The van der Waals surface area contributed by atoms with E-state index in [0.717, 1.165) is 16.1 Å². The molecule has 0 atom stereocenters. The van der Waals surface area contributed by atoms with Crippen LogP contribution in [0.5, 0.6) is 0 Å². The number of halogens is 1. The number of hydrogen-bond donors (Lipinski definition) is 0. The van der Waals surface area contributed by atoms with E-state index in [-0.39, 0.29) is 17.5 Å². The molecule has 0 unspecified atom stereocenters. The first-order valence-electron chi connectivity index (χ1n) is 8.64. The molecule has 2 heterocycles. The molecule has 0 saturated carbocycles. The Morgan fingerprint density at radius 3 is 2.43 bits per heavy atom. The van der Waals surface area contributed by atoms with Crippen LogP contribution in [-0.4, -0.2) is 27.7 Å². The van der Waals surface area contributed by atoms with Crippen LogP contribution in [0.1, 0.15) is 16.2 Å². The average molecular weight is 392 g/mol. The molecule has 0 aliphatic heterocycles. The number of rotatable bonds is 4. The van der Waals surface area contributed by atoms with Crippen molar-refractivity contribution in [3.05, 3.63) is 83.2 Å². The van der Waals surface area contributed by atoms with Gasteiger partial charge in [0.15, 0.2) is 5.82 Å². The summed E-state index contributed by atoms with van der Waals surface area (Å²) in [5, 5.41) is 6.36. The maximum absolute atomic E-state index is 13.3. The fourth-order valence-electron chi connectivity index (χ4n) is 2.77. The number of benzene rings is 2. The number of aryl methyl sites for hydroxylation is 1. The number of amides is 1. The second-order valence-electron chi connectivity index (χ2n) is 6.32. The Kier molecular flexibility index (Phi) is 4.75. The van der Waals surface area contributed by atoms with Crippen LogP contribution >= 0.6 is 11.3 Å². The fraction of sp³-hybridized carbons (Fsp3) is 0.0952. The zero-order valence-electron chi connectivity index (χ0n) is 15.3. The van der Waals surface area contributed by atoms with Crippen molar-refractivity contribution in [3.63, 3.8) is 0 Å². The van der Waals surface area contributed by atoms with Crippen LogP contribution in [0.2, 0.25) is 0 Å². The second kappa shape index (κ2) is 7.36. The van der Waals surface area contributed by atoms with Crippen molar-refractivity contribution in [2.24, 2.45) is 0 Å². The summed E-state index contributed by atoms with van der Waals surface area (Å²) in [4.78, 5) is 19.9. The maximum atomic E-state index is 13.3. The highest BCUT2D eigenvalue weighted by Crippen LogP contribution is 2.26. The Morgan fingerprint density at radius 2 is 1.79 bits per heavy atom. The molecule has 0 aliphatic carbocycles. The Bertz CT molecular complexity index is 1100. The minimum atomic E-state index is -0.336. The van der Waals surface area contributed by atoms with Gasteiger partial charge >= 0.3 is 0 Å². The molecular formula is C21H17FN4OS. The molecule has 0 bridgehead atoms. The Balaban J connectivity index is 1.75. The van der Waals surface area contributed by atoms with Gasteiger partial charge in [-0.3, -0.25) is 4.79 Å². The van der Waals surface area contributed by atoms with E-state index in [1.165, 1.54) is 28.4 Å². The molecule has 0 aliphatic rings.